The number of nitrogen functional groups attached to an aromatic ring is 1. The second-order valence-electron chi connectivity index (χ2n) is 4.55. The first kappa shape index (κ1) is 14.6. The van der Waals surface area contributed by atoms with Crippen molar-refractivity contribution in [2.45, 2.75) is 13.0 Å². The Kier molecular flexibility index (Phi) is 4.81. The Labute approximate surface area is 122 Å². The van der Waals surface area contributed by atoms with Gasteiger partial charge in [0, 0.05) is 17.2 Å². The van der Waals surface area contributed by atoms with E-state index in [9.17, 15) is 4.79 Å². The number of anilines is 1. The predicted molar refractivity (Wildman–Crippen MR) is 84.9 cm³/mol. The summed E-state index contributed by atoms with van der Waals surface area (Å²) in [6, 6.07) is 9.30. The molecule has 0 radical (unpaired) electrons. The lowest BCUT2D eigenvalue weighted by atomic mass is 10.1. The van der Waals surface area contributed by atoms with Gasteiger partial charge >= 0.3 is 0 Å². The van der Waals surface area contributed by atoms with E-state index >= 15 is 0 Å². The maximum Gasteiger partial charge on any atom is 0.252 e. The number of fused-ring (bicyclic) bond motifs is 1. The third kappa shape index (κ3) is 3.20. The van der Waals surface area contributed by atoms with Gasteiger partial charge < -0.3 is 10.7 Å². The van der Waals surface area contributed by atoms with Gasteiger partial charge in [-0.05, 0) is 25.3 Å². The highest BCUT2D eigenvalue weighted by Crippen LogP contribution is 2.20. The Balaban J connectivity index is 2.39. The maximum atomic E-state index is 12.4. The minimum absolute atomic E-state index is 0.110. The van der Waals surface area contributed by atoms with Gasteiger partial charge in [-0.3, -0.25) is 4.79 Å². The van der Waals surface area contributed by atoms with Crippen LogP contribution in [0.25, 0.3) is 10.9 Å². The number of pyridine rings is 1. The zero-order valence-electron chi connectivity index (χ0n) is 11.5. The maximum absolute atomic E-state index is 12.4. The second kappa shape index (κ2) is 6.58. The number of nitrogens with one attached hydrogen (secondary N) is 2. The van der Waals surface area contributed by atoms with Crippen LogP contribution in [0.15, 0.2) is 30.3 Å². The molecule has 5 nitrogen and oxygen atoms in total. The highest BCUT2D eigenvalue weighted by Gasteiger charge is 2.14. The summed E-state index contributed by atoms with van der Waals surface area (Å²) in [7, 11) is 0. The molecule has 0 saturated carbocycles. The Hall–Kier alpha value is -1.79. The number of thioether (sulfide) groups is 1. The van der Waals surface area contributed by atoms with Crippen molar-refractivity contribution in [2.24, 2.45) is 5.84 Å². The minimum atomic E-state index is -0.110. The fourth-order valence-electron chi connectivity index (χ4n) is 2.03. The van der Waals surface area contributed by atoms with Crippen LogP contribution in [0.1, 0.15) is 17.3 Å². The van der Waals surface area contributed by atoms with Crippen molar-refractivity contribution in [3.8, 4) is 0 Å². The summed E-state index contributed by atoms with van der Waals surface area (Å²) >= 11 is 1.70. The zero-order valence-corrected chi connectivity index (χ0v) is 12.3. The van der Waals surface area contributed by atoms with Crippen molar-refractivity contribution in [1.82, 2.24) is 10.3 Å². The molecule has 1 heterocycles. The lowest BCUT2D eigenvalue weighted by molar-refractivity contribution is 0.0945. The standard InChI is InChI=1S/C14H18N4OS/c1-9(8-20-2)16-14(19)11-7-13(18-15)17-12-6-4-3-5-10(11)12/h3-7,9H,8,15H2,1-2H3,(H,16,19)(H,17,18). The summed E-state index contributed by atoms with van der Waals surface area (Å²) in [5, 5.41) is 3.80. The highest BCUT2D eigenvalue weighted by molar-refractivity contribution is 7.98. The summed E-state index contributed by atoms with van der Waals surface area (Å²) in [5.74, 6) is 6.65. The molecule has 1 aromatic carbocycles. The number of carbonyl (C=O) groups is 1. The molecule has 0 bridgehead atoms. The molecule has 0 saturated heterocycles. The molecular formula is C14H18N4OS. The number of benzene rings is 1. The van der Waals surface area contributed by atoms with Crippen LogP contribution >= 0.6 is 11.8 Å². The summed E-state index contributed by atoms with van der Waals surface area (Å²) in [6.07, 6.45) is 2.01. The van der Waals surface area contributed by atoms with E-state index in [0.717, 1.165) is 16.7 Å². The smallest absolute Gasteiger partial charge is 0.252 e. The van der Waals surface area contributed by atoms with E-state index in [1.165, 1.54) is 0 Å². The number of hydrazine groups is 1. The van der Waals surface area contributed by atoms with Gasteiger partial charge in [-0.25, -0.2) is 10.8 Å². The zero-order chi connectivity index (χ0) is 14.5. The summed E-state index contributed by atoms with van der Waals surface area (Å²) in [6.45, 7) is 1.99. The predicted octanol–water partition coefficient (Wildman–Crippen LogP) is 2.00. The van der Waals surface area contributed by atoms with Crippen molar-refractivity contribution < 1.29 is 4.79 Å². The summed E-state index contributed by atoms with van der Waals surface area (Å²) < 4.78 is 0. The number of nitrogens with zero attached hydrogens (tertiary/aromatic N) is 1. The lowest BCUT2D eigenvalue weighted by Gasteiger charge is -2.14. The minimum Gasteiger partial charge on any atom is -0.349 e. The van der Waals surface area contributed by atoms with Gasteiger partial charge in [-0.15, -0.1) is 0 Å². The number of hydrogen-bond acceptors (Lipinski definition) is 5. The van der Waals surface area contributed by atoms with Crippen LogP contribution in [0, 0.1) is 0 Å². The lowest BCUT2D eigenvalue weighted by Crippen LogP contribution is -2.34. The van der Waals surface area contributed by atoms with Crippen molar-refractivity contribution in [2.75, 3.05) is 17.4 Å². The number of rotatable bonds is 5. The van der Waals surface area contributed by atoms with E-state index in [1.807, 2.05) is 37.4 Å². The van der Waals surface area contributed by atoms with E-state index in [-0.39, 0.29) is 11.9 Å². The molecular weight excluding hydrogens is 272 g/mol. The second-order valence-corrected chi connectivity index (χ2v) is 5.46. The normalized spacial score (nSPS) is 12.2. The van der Waals surface area contributed by atoms with Gasteiger partial charge in [0.1, 0.15) is 5.82 Å². The van der Waals surface area contributed by atoms with Crippen molar-refractivity contribution in [1.29, 1.82) is 0 Å². The number of hydrogen-bond donors (Lipinski definition) is 3. The van der Waals surface area contributed by atoms with Gasteiger partial charge in [0.15, 0.2) is 0 Å². The Morgan fingerprint density at radius 2 is 2.20 bits per heavy atom. The van der Waals surface area contributed by atoms with Gasteiger partial charge in [0.05, 0.1) is 11.1 Å². The van der Waals surface area contributed by atoms with Crippen LogP contribution in [0.4, 0.5) is 5.82 Å². The van der Waals surface area contributed by atoms with Gasteiger partial charge in [-0.2, -0.15) is 11.8 Å². The molecule has 6 heteroatoms. The fourth-order valence-corrected chi connectivity index (χ4v) is 2.61. The molecule has 4 N–H and O–H groups in total. The van der Waals surface area contributed by atoms with E-state index < -0.39 is 0 Å². The van der Waals surface area contributed by atoms with E-state index in [4.69, 9.17) is 5.84 Å². The molecule has 0 fully saturated rings. The average molecular weight is 290 g/mol. The van der Waals surface area contributed by atoms with E-state index in [1.54, 1.807) is 17.8 Å². The number of aromatic nitrogens is 1. The Morgan fingerprint density at radius 3 is 2.90 bits per heavy atom. The number of nitrogens with two attached hydrogens (primary N) is 1. The fraction of sp³-hybridized carbons (Fsp3) is 0.286. The van der Waals surface area contributed by atoms with Crippen LogP contribution in [0.5, 0.6) is 0 Å². The Bertz CT molecular complexity index is 617. The molecule has 2 aromatic rings. The largest absolute Gasteiger partial charge is 0.349 e. The van der Waals surface area contributed by atoms with Crippen LogP contribution < -0.4 is 16.6 Å². The topological polar surface area (TPSA) is 80.0 Å². The van der Waals surface area contributed by atoms with Crippen LogP contribution in [0.2, 0.25) is 0 Å². The van der Waals surface area contributed by atoms with Crippen LogP contribution in [-0.4, -0.2) is 28.9 Å². The van der Waals surface area contributed by atoms with E-state index in [0.29, 0.717) is 11.4 Å². The molecule has 0 aliphatic carbocycles. The molecule has 1 aromatic heterocycles. The molecule has 1 unspecified atom stereocenters. The van der Waals surface area contributed by atoms with E-state index in [2.05, 4.69) is 15.7 Å². The molecule has 0 aliphatic rings. The SMILES string of the molecule is CSCC(C)NC(=O)c1cc(NN)nc2ccccc12. The number of carbonyl (C=O) groups excluding carboxylic acids is 1. The molecule has 106 valence electrons. The Morgan fingerprint density at radius 1 is 1.45 bits per heavy atom. The van der Waals surface area contributed by atoms with Crippen LogP contribution in [-0.2, 0) is 0 Å². The first-order valence-corrected chi connectivity index (χ1v) is 7.71. The van der Waals surface area contributed by atoms with Gasteiger partial charge in [0.25, 0.3) is 5.91 Å². The average Bonchev–Trinajstić information content (AvgIpc) is 2.46. The summed E-state index contributed by atoms with van der Waals surface area (Å²) in [4.78, 5) is 16.7. The molecule has 0 aliphatic heterocycles. The first-order chi connectivity index (χ1) is 9.65. The van der Waals surface area contributed by atoms with Crippen molar-refractivity contribution in [3.05, 3.63) is 35.9 Å². The molecule has 0 spiro atoms. The highest BCUT2D eigenvalue weighted by atomic mass is 32.2. The van der Waals surface area contributed by atoms with Crippen molar-refractivity contribution >= 4 is 34.4 Å². The number of para-hydroxylation sites is 1. The van der Waals surface area contributed by atoms with Gasteiger partial charge in [-0.1, -0.05) is 18.2 Å². The third-order valence-electron chi connectivity index (χ3n) is 2.90. The van der Waals surface area contributed by atoms with Crippen molar-refractivity contribution in [3.63, 3.8) is 0 Å². The van der Waals surface area contributed by atoms with Crippen LogP contribution in [0.3, 0.4) is 0 Å². The third-order valence-corrected chi connectivity index (χ3v) is 3.74. The molecule has 20 heavy (non-hydrogen) atoms. The number of amides is 1. The molecule has 1 atom stereocenters. The first-order valence-electron chi connectivity index (χ1n) is 6.32. The summed E-state index contributed by atoms with van der Waals surface area (Å²) in [5.41, 5.74) is 3.82. The monoisotopic (exact) mass is 290 g/mol. The molecule has 1 amide bonds. The quantitative estimate of drug-likeness (QED) is 0.580. The van der Waals surface area contributed by atoms with Gasteiger partial charge in [0.2, 0.25) is 0 Å². The molecule has 2 rings (SSSR count).